The monoisotopic (exact) mass is 376 g/mol. The van der Waals surface area contributed by atoms with Gasteiger partial charge in [0.15, 0.2) is 0 Å². The molecule has 0 radical (unpaired) electrons. The van der Waals surface area contributed by atoms with Gasteiger partial charge in [-0.05, 0) is 44.2 Å². The second-order valence-corrected chi connectivity index (χ2v) is 7.86. The first-order valence-electron chi connectivity index (χ1n) is 7.19. The minimum Gasteiger partial charge on any atom is -0.545 e. The lowest BCUT2D eigenvalue weighted by Crippen LogP contribution is -2.27. The van der Waals surface area contributed by atoms with E-state index in [0.717, 1.165) is 31.4 Å². The number of benzene rings is 1. The Morgan fingerprint density at radius 2 is 1.96 bits per heavy atom. The van der Waals surface area contributed by atoms with Crippen LogP contribution in [0.2, 0.25) is 10.0 Å². The third kappa shape index (κ3) is 4.70. The predicted molar refractivity (Wildman–Crippen MR) is 87.1 cm³/mol. The van der Waals surface area contributed by atoms with Crippen molar-refractivity contribution >= 4 is 39.2 Å². The Morgan fingerprint density at radius 1 is 1.22 bits per heavy atom. The molecule has 0 aliphatic heterocycles. The normalized spacial score (nSPS) is 15.3. The number of hydrogen-bond acceptors (Lipinski definition) is 4. The molecule has 0 bridgehead atoms. The molecule has 0 heterocycles. The molecule has 1 aliphatic rings. The zero-order valence-corrected chi connectivity index (χ0v) is 14.6. The van der Waals surface area contributed by atoms with Gasteiger partial charge in [0, 0.05) is 12.1 Å². The number of halogens is 2. The van der Waals surface area contributed by atoms with Crippen molar-refractivity contribution in [1.82, 2.24) is 4.72 Å². The lowest BCUT2D eigenvalue weighted by Gasteiger charge is -2.14. The Kier molecular flexibility index (Phi) is 6.08. The van der Waals surface area contributed by atoms with Gasteiger partial charge in [0.05, 0.1) is 16.0 Å². The van der Waals surface area contributed by atoms with Gasteiger partial charge in [-0.2, -0.15) is 0 Å². The Bertz CT molecular complexity index is 744. The van der Waals surface area contributed by atoms with Crippen molar-refractivity contribution in [3.8, 4) is 0 Å². The van der Waals surface area contributed by atoms with Crippen molar-refractivity contribution in [3.63, 3.8) is 0 Å². The standard InChI is InChI=1S/C15H17Cl2NO4S/c16-12-9-13(17)14(8-11(12)15(19)20)23(21,22)18-7-6-10-4-2-1-3-5-10/h4,8-9,18H,1-3,5-7H2,(H,19,20)/p-1. The van der Waals surface area contributed by atoms with Crippen LogP contribution < -0.4 is 9.83 Å². The highest BCUT2D eigenvalue weighted by Gasteiger charge is 2.20. The van der Waals surface area contributed by atoms with Gasteiger partial charge >= 0.3 is 0 Å². The van der Waals surface area contributed by atoms with Crippen molar-refractivity contribution in [2.75, 3.05) is 6.54 Å². The van der Waals surface area contributed by atoms with E-state index in [-0.39, 0.29) is 21.5 Å². The van der Waals surface area contributed by atoms with E-state index in [0.29, 0.717) is 6.42 Å². The number of allylic oxidation sites excluding steroid dienone is 1. The fourth-order valence-electron chi connectivity index (χ4n) is 2.45. The van der Waals surface area contributed by atoms with Crippen LogP contribution >= 0.6 is 23.2 Å². The summed E-state index contributed by atoms with van der Waals surface area (Å²) in [7, 11) is -3.92. The molecule has 2 rings (SSSR count). The number of carbonyl (C=O) groups excluding carboxylic acids is 1. The molecule has 126 valence electrons. The lowest BCUT2D eigenvalue weighted by atomic mass is 9.97. The maximum atomic E-state index is 12.3. The van der Waals surface area contributed by atoms with Gasteiger partial charge in [-0.15, -0.1) is 0 Å². The van der Waals surface area contributed by atoms with E-state index >= 15 is 0 Å². The predicted octanol–water partition coefficient (Wildman–Crippen LogP) is 2.53. The van der Waals surface area contributed by atoms with Gasteiger partial charge in [-0.25, -0.2) is 13.1 Å². The molecule has 8 heteroatoms. The molecule has 23 heavy (non-hydrogen) atoms. The summed E-state index contributed by atoms with van der Waals surface area (Å²) in [5, 5.41) is 10.7. The lowest BCUT2D eigenvalue weighted by molar-refractivity contribution is -0.255. The van der Waals surface area contributed by atoms with Crippen LogP contribution in [-0.2, 0) is 10.0 Å². The van der Waals surface area contributed by atoms with E-state index in [9.17, 15) is 18.3 Å². The van der Waals surface area contributed by atoms with Gasteiger partial charge < -0.3 is 9.90 Å². The average molecular weight is 377 g/mol. The van der Waals surface area contributed by atoms with E-state index < -0.39 is 21.6 Å². The summed E-state index contributed by atoms with van der Waals surface area (Å²) in [6.45, 7) is 0.230. The van der Waals surface area contributed by atoms with Gasteiger partial charge in [-0.3, -0.25) is 0 Å². The molecule has 1 aromatic rings. The van der Waals surface area contributed by atoms with Crippen LogP contribution in [0, 0.1) is 0 Å². The minimum absolute atomic E-state index is 0.135. The van der Waals surface area contributed by atoms with E-state index in [4.69, 9.17) is 23.2 Å². The Morgan fingerprint density at radius 3 is 2.57 bits per heavy atom. The SMILES string of the molecule is O=C([O-])c1cc(S(=O)(=O)NCCC2=CCCCC2)c(Cl)cc1Cl. The van der Waals surface area contributed by atoms with Gasteiger partial charge in [0.2, 0.25) is 10.0 Å². The maximum absolute atomic E-state index is 12.3. The van der Waals surface area contributed by atoms with E-state index in [2.05, 4.69) is 10.8 Å². The summed E-state index contributed by atoms with van der Waals surface area (Å²) in [6, 6.07) is 2.01. The Hall–Kier alpha value is -1.08. The van der Waals surface area contributed by atoms with Crippen LogP contribution in [-0.4, -0.2) is 20.9 Å². The van der Waals surface area contributed by atoms with Crippen LogP contribution in [0.3, 0.4) is 0 Å². The number of carboxylic acid groups (broad SMARTS) is 1. The van der Waals surface area contributed by atoms with Crippen molar-refractivity contribution in [2.24, 2.45) is 0 Å². The molecule has 0 unspecified atom stereocenters. The van der Waals surface area contributed by atoms with E-state index in [1.54, 1.807) is 0 Å². The molecule has 0 saturated heterocycles. The average Bonchev–Trinajstić information content (AvgIpc) is 2.47. The smallest absolute Gasteiger partial charge is 0.242 e. The van der Waals surface area contributed by atoms with Crippen LogP contribution in [0.4, 0.5) is 0 Å². The summed E-state index contributed by atoms with van der Waals surface area (Å²) >= 11 is 11.6. The number of aromatic carboxylic acids is 1. The fourth-order valence-corrected chi connectivity index (χ4v) is 4.33. The first kappa shape index (κ1) is 18.3. The number of nitrogens with one attached hydrogen (secondary N) is 1. The molecule has 0 aromatic heterocycles. The molecule has 5 nitrogen and oxygen atoms in total. The van der Waals surface area contributed by atoms with Crippen molar-refractivity contribution in [3.05, 3.63) is 39.4 Å². The van der Waals surface area contributed by atoms with Crippen molar-refractivity contribution in [2.45, 2.75) is 37.0 Å². The summed E-state index contributed by atoms with van der Waals surface area (Å²) in [4.78, 5) is 10.7. The summed E-state index contributed by atoms with van der Waals surface area (Å²) in [5.41, 5.74) is 0.822. The Labute approximate surface area is 145 Å². The summed E-state index contributed by atoms with van der Waals surface area (Å²) in [6.07, 6.45) is 7.07. The van der Waals surface area contributed by atoms with Crippen LogP contribution in [0.5, 0.6) is 0 Å². The van der Waals surface area contributed by atoms with Gasteiger partial charge in [0.25, 0.3) is 0 Å². The number of carbonyl (C=O) groups is 1. The number of sulfonamides is 1. The number of hydrogen-bond donors (Lipinski definition) is 1. The minimum atomic E-state index is -3.92. The largest absolute Gasteiger partial charge is 0.545 e. The first-order valence-corrected chi connectivity index (χ1v) is 9.43. The maximum Gasteiger partial charge on any atom is 0.242 e. The molecule has 0 saturated carbocycles. The van der Waals surface area contributed by atoms with Crippen molar-refractivity contribution < 1.29 is 18.3 Å². The van der Waals surface area contributed by atoms with E-state index in [1.165, 1.54) is 12.0 Å². The second-order valence-electron chi connectivity index (χ2n) is 5.31. The highest BCUT2D eigenvalue weighted by molar-refractivity contribution is 7.89. The quantitative estimate of drug-likeness (QED) is 0.772. The molecule has 1 N–H and O–H groups in total. The third-order valence-corrected chi connectivity index (χ3v) is 5.89. The van der Waals surface area contributed by atoms with Crippen molar-refractivity contribution in [1.29, 1.82) is 0 Å². The molecule has 1 aliphatic carbocycles. The molecule has 1 aromatic carbocycles. The van der Waals surface area contributed by atoms with Gasteiger partial charge in [0.1, 0.15) is 4.90 Å². The van der Waals surface area contributed by atoms with Crippen LogP contribution in [0.1, 0.15) is 42.5 Å². The first-order chi connectivity index (χ1) is 10.8. The topological polar surface area (TPSA) is 86.3 Å². The highest BCUT2D eigenvalue weighted by Crippen LogP contribution is 2.28. The number of rotatable bonds is 6. The molecule has 0 spiro atoms. The third-order valence-electron chi connectivity index (χ3n) is 3.65. The van der Waals surface area contributed by atoms with Crippen LogP contribution in [0.15, 0.2) is 28.7 Å². The van der Waals surface area contributed by atoms with Gasteiger partial charge in [-0.1, -0.05) is 34.9 Å². The Balaban J connectivity index is 2.14. The molecular formula is C15H16Cl2NO4S-. The molecule has 0 amide bonds. The summed E-state index contributed by atoms with van der Waals surface area (Å²) < 4.78 is 27.1. The zero-order chi connectivity index (χ0) is 17.0. The number of carboxylic acids is 1. The highest BCUT2D eigenvalue weighted by atomic mass is 35.5. The zero-order valence-electron chi connectivity index (χ0n) is 12.3. The molecule has 0 atom stereocenters. The summed E-state index contributed by atoms with van der Waals surface area (Å²) in [5.74, 6) is -1.56. The van der Waals surface area contributed by atoms with Crippen LogP contribution in [0.25, 0.3) is 0 Å². The molecular weight excluding hydrogens is 361 g/mol. The van der Waals surface area contributed by atoms with E-state index in [1.807, 2.05) is 0 Å². The molecule has 0 fully saturated rings. The fraction of sp³-hybridized carbons (Fsp3) is 0.400. The second kappa shape index (κ2) is 7.66.